The summed E-state index contributed by atoms with van der Waals surface area (Å²) >= 11 is 1.34. The molecule has 0 fully saturated rings. The van der Waals surface area contributed by atoms with E-state index in [4.69, 9.17) is 9.47 Å². The first-order valence-corrected chi connectivity index (χ1v) is 10.1. The Kier molecular flexibility index (Phi) is 6.77. The van der Waals surface area contributed by atoms with Crippen molar-refractivity contribution in [2.24, 2.45) is 0 Å². The zero-order valence-electron chi connectivity index (χ0n) is 16.3. The van der Waals surface area contributed by atoms with E-state index in [0.29, 0.717) is 28.4 Å². The van der Waals surface area contributed by atoms with Gasteiger partial charge < -0.3 is 9.47 Å². The molecule has 0 atom stereocenters. The number of nitro benzene ring substituents is 1. The van der Waals surface area contributed by atoms with Crippen LogP contribution in [0.25, 0.3) is 10.2 Å². The van der Waals surface area contributed by atoms with Crippen molar-refractivity contribution < 1.29 is 19.2 Å². The molecule has 8 heteroatoms. The van der Waals surface area contributed by atoms with Gasteiger partial charge in [-0.3, -0.25) is 14.9 Å². The van der Waals surface area contributed by atoms with Crippen molar-refractivity contribution in [1.82, 2.24) is 4.98 Å². The third kappa shape index (κ3) is 5.29. The van der Waals surface area contributed by atoms with E-state index in [0.717, 1.165) is 29.5 Å². The van der Waals surface area contributed by atoms with E-state index >= 15 is 0 Å². The number of unbranched alkanes of at least 4 members (excludes halogenated alkanes) is 1. The van der Waals surface area contributed by atoms with E-state index in [1.807, 2.05) is 18.2 Å². The van der Waals surface area contributed by atoms with Crippen LogP contribution >= 0.6 is 11.3 Å². The van der Waals surface area contributed by atoms with Crippen molar-refractivity contribution in [3.8, 4) is 11.5 Å². The molecule has 0 aliphatic carbocycles. The fraction of sp³-hybridized carbons (Fsp3) is 0.333. The molecule has 1 aromatic heterocycles. The second kappa shape index (κ2) is 9.47. The summed E-state index contributed by atoms with van der Waals surface area (Å²) in [5.41, 5.74) is 1.87. The Hall–Kier alpha value is -3.00. The number of ketones is 1. The minimum absolute atomic E-state index is 0.0363. The van der Waals surface area contributed by atoms with E-state index < -0.39 is 4.92 Å². The predicted molar refractivity (Wildman–Crippen MR) is 112 cm³/mol. The summed E-state index contributed by atoms with van der Waals surface area (Å²) in [6.45, 7) is 0. The van der Waals surface area contributed by atoms with Gasteiger partial charge in [0, 0.05) is 18.6 Å². The lowest BCUT2D eigenvalue weighted by atomic mass is 10.0. The van der Waals surface area contributed by atoms with Crippen LogP contribution in [-0.2, 0) is 17.6 Å². The molecule has 0 amide bonds. The molecule has 3 rings (SSSR count). The Morgan fingerprint density at radius 1 is 1.10 bits per heavy atom. The SMILES string of the molecule is COc1ccc(CCCCC(=O)Cc2nc3ccc([N+](=O)[O-])cc3s2)cc1OC. The number of benzene rings is 2. The molecule has 2 aromatic carbocycles. The fourth-order valence-electron chi connectivity index (χ4n) is 3.09. The summed E-state index contributed by atoms with van der Waals surface area (Å²) in [4.78, 5) is 27.1. The Morgan fingerprint density at radius 2 is 1.90 bits per heavy atom. The minimum Gasteiger partial charge on any atom is -0.493 e. The maximum atomic E-state index is 12.3. The van der Waals surface area contributed by atoms with Gasteiger partial charge in [-0.05, 0) is 43.0 Å². The minimum atomic E-state index is -0.428. The number of carbonyl (C=O) groups is 1. The van der Waals surface area contributed by atoms with E-state index in [1.54, 1.807) is 20.3 Å². The molecule has 152 valence electrons. The van der Waals surface area contributed by atoms with Gasteiger partial charge in [-0.2, -0.15) is 0 Å². The molecule has 3 aromatic rings. The van der Waals surface area contributed by atoms with Gasteiger partial charge in [-0.1, -0.05) is 6.07 Å². The van der Waals surface area contributed by atoms with Crippen LogP contribution in [0.2, 0.25) is 0 Å². The maximum absolute atomic E-state index is 12.3. The molecule has 1 heterocycles. The molecular formula is C21H22N2O5S. The number of non-ortho nitro benzene ring substituents is 1. The van der Waals surface area contributed by atoms with Gasteiger partial charge in [0.2, 0.25) is 0 Å². The number of hydrogen-bond donors (Lipinski definition) is 0. The second-order valence-electron chi connectivity index (χ2n) is 6.63. The topological polar surface area (TPSA) is 91.6 Å². The van der Waals surface area contributed by atoms with Crippen molar-refractivity contribution in [1.29, 1.82) is 0 Å². The number of Topliss-reactive ketones (excluding diaryl/α,β-unsaturated/α-hetero) is 1. The molecule has 0 aliphatic heterocycles. The Morgan fingerprint density at radius 3 is 2.62 bits per heavy atom. The molecule has 0 unspecified atom stereocenters. The van der Waals surface area contributed by atoms with Gasteiger partial charge in [-0.25, -0.2) is 4.98 Å². The van der Waals surface area contributed by atoms with Crippen LogP contribution in [0.4, 0.5) is 5.69 Å². The highest BCUT2D eigenvalue weighted by Gasteiger charge is 2.13. The molecule has 0 radical (unpaired) electrons. The number of rotatable bonds is 10. The van der Waals surface area contributed by atoms with Crippen molar-refractivity contribution in [2.75, 3.05) is 14.2 Å². The van der Waals surface area contributed by atoms with Crippen LogP contribution in [0.15, 0.2) is 36.4 Å². The van der Waals surface area contributed by atoms with E-state index in [2.05, 4.69) is 4.98 Å². The standard InChI is InChI=1S/C21H22N2O5S/c1-27-18-10-7-14(11-19(18)28-2)5-3-4-6-16(24)13-21-22-17-9-8-15(23(25)26)12-20(17)29-21/h7-12H,3-6,13H2,1-2H3. The molecule has 0 saturated heterocycles. The molecule has 0 spiro atoms. The highest BCUT2D eigenvalue weighted by atomic mass is 32.1. The van der Waals surface area contributed by atoms with Crippen LogP contribution in [0.3, 0.4) is 0 Å². The number of nitrogens with zero attached hydrogens (tertiary/aromatic N) is 2. The largest absolute Gasteiger partial charge is 0.493 e. The van der Waals surface area contributed by atoms with E-state index in [9.17, 15) is 14.9 Å². The summed E-state index contributed by atoms with van der Waals surface area (Å²) in [6.07, 6.45) is 3.31. The highest BCUT2D eigenvalue weighted by Crippen LogP contribution is 2.29. The van der Waals surface area contributed by atoms with Gasteiger partial charge in [0.25, 0.3) is 5.69 Å². The van der Waals surface area contributed by atoms with Crippen LogP contribution in [-0.4, -0.2) is 29.9 Å². The predicted octanol–water partition coefficient (Wildman–Crippen LogP) is 4.75. The van der Waals surface area contributed by atoms with E-state index in [-0.39, 0.29) is 17.9 Å². The van der Waals surface area contributed by atoms with Crippen molar-refractivity contribution >= 4 is 33.0 Å². The summed E-state index contributed by atoms with van der Waals surface area (Å²) in [7, 11) is 3.22. The summed E-state index contributed by atoms with van der Waals surface area (Å²) < 4.78 is 11.3. The number of hydrogen-bond acceptors (Lipinski definition) is 7. The molecule has 7 nitrogen and oxygen atoms in total. The molecule has 0 saturated carbocycles. The first-order valence-electron chi connectivity index (χ1n) is 9.26. The number of nitro groups is 1. The van der Waals surface area contributed by atoms with Crippen LogP contribution in [0.1, 0.15) is 29.8 Å². The Labute approximate surface area is 172 Å². The molecule has 0 bridgehead atoms. The zero-order valence-corrected chi connectivity index (χ0v) is 17.2. The van der Waals surface area contributed by atoms with Crippen molar-refractivity contribution in [2.45, 2.75) is 32.1 Å². The Bertz CT molecular complexity index is 1030. The number of ether oxygens (including phenoxy) is 2. The average Bonchev–Trinajstić information content (AvgIpc) is 3.12. The number of thiazole rings is 1. The number of aryl methyl sites for hydroxylation is 1. The smallest absolute Gasteiger partial charge is 0.270 e. The molecule has 0 N–H and O–H groups in total. The normalized spacial score (nSPS) is 10.8. The summed E-state index contributed by atoms with van der Waals surface area (Å²) in [5, 5.41) is 11.6. The van der Waals surface area contributed by atoms with Crippen LogP contribution in [0, 0.1) is 10.1 Å². The first-order chi connectivity index (χ1) is 14.0. The maximum Gasteiger partial charge on any atom is 0.270 e. The monoisotopic (exact) mass is 414 g/mol. The molecule has 0 aliphatic rings. The van der Waals surface area contributed by atoms with E-state index in [1.165, 1.54) is 23.5 Å². The van der Waals surface area contributed by atoms with Gasteiger partial charge in [-0.15, -0.1) is 11.3 Å². The lowest BCUT2D eigenvalue weighted by molar-refractivity contribution is -0.384. The van der Waals surface area contributed by atoms with Gasteiger partial charge >= 0.3 is 0 Å². The lowest BCUT2D eigenvalue weighted by Gasteiger charge is -2.09. The average molecular weight is 414 g/mol. The molecular weight excluding hydrogens is 392 g/mol. The van der Waals surface area contributed by atoms with Crippen molar-refractivity contribution in [3.63, 3.8) is 0 Å². The molecule has 29 heavy (non-hydrogen) atoms. The number of carbonyl (C=O) groups excluding carboxylic acids is 1. The first kappa shape index (κ1) is 20.7. The number of fused-ring (bicyclic) bond motifs is 1. The van der Waals surface area contributed by atoms with Crippen molar-refractivity contribution in [3.05, 3.63) is 57.1 Å². The highest BCUT2D eigenvalue weighted by molar-refractivity contribution is 7.18. The number of methoxy groups -OCH3 is 2. The fourth-order valence-corrected chi connectivity index (χ4v) is 4.12. The summed E-state index contributed by atoms with van der Waals surface area (Å²) in [5.74, 6) is 1.54. The second-order valence-corrected chi connectivity index (χ2v) is 7.74. The summed E-state index contributed by atoms with van der Waals surface area (Å²) in [6, 6.07) is 10.4. The van der Waals surface area contributed by atoms with Gasteiger partial charge in [0.05, 0.1) is 35.8 Å². The lowest BCUT2D eigenvalue weighted by Crippen LogP contribution is -2.02. The third-order valence-electron chi connectivity index (χ3n) is 4.59. The van der Waals surface area contributed by atoms with Crippen LogP contribution in [0.5, 0.6) is 11.5 Å². The third-order valence-corrected chi connectivity index (χ3v) is 5.61. The van der Waals surface area contributed by atoms with Gasteiger partial charge in [0.15, 0.2) is 11.5 Å². The number of aromatic nitrogens is 1. The van der Waals surface area contributed by atoms with Gasteiger partial charge in [0.1, 0.15) is 10.8 Å². The van der Waals surface area contributed by atoms with Crippen LogP contribution < -0.4 is 9.47 Å². The zero-order chi connectivity index (χ0) is 20.8. The Balaban J connectivity index is 1.49. The quantitative estimate of drug-likeness (QED) is 0.270.